The van der Waals surface area contributed by atoms with Gasteiger partial charge in [-0.1, -0.05) is 35.0 Å². The Hall–Kier alpha value is -0.760. The summed E-state index contributed by atoms with van der Waals surface area (Å²) in [7, 11) is 0. The van der Waals surface area contributed by atoms with Crippen LogP contribution < -0.4 is 0 Å². The molecular weight excluding hydrogens is 305 g/mol. The first-order chi connectivity index (χ1) is 8.06. The molecule has 0 amide bonds. The Morgan fingerprint density at radius 1 is 1.59 bits per heavy atom. The Bertz CT molecular complexity index is 555. The number of thioether (sulfide) groups is 1. The Morgan fingerprint density at radius 2 is 2.35 bits per heavy atom. The van der Waals surface area contributed by atoms with Gasteiger partial charge in [0.1, 0.15) is 4.34 Å². The van der Waals surface area contributed by atoms with Gasteiger partial charge in [0.2, 0.25) is 5.16 Å². The summed E-state index contributed by atoms with van der Waals surface area (Å²) in [6.07, 6.45) is 0. The molecule has 90 valence electrons. The molecule has 0 aromatic carbocycles. The fraction of sp³-hybridized carbons (Fsp3) is 0.125. The van der Waals surface area contributed by atoms with Crippen LogP contribution in [0.25, 0.3) is 11.4 Å². The van der Waals surface area contributed by atoms with Gasteiger partial charge in [0.15, 0.2) is 5.82 Å². The van der Waals surface area contributed by atoms with Crippen molar-refractivity contribution in [2.75, 3.05) is 5.75 Å². The van der Waals surface area contributed by atoms with Crippen molar-refractivity contribution >= 4 is 52.3 Å². The van der Waals surface area contributed by atoms with Crippen molar-refractivity contribution in [3.05, 3.63) is 14.7 Å². The number of hydrogen-bond acceptors (Lipinski definition) is 5. The van der Waals surface area contributed by atoms with Gasteiger partial charge in [0.05, 0.1) is 10.1 Å². The predicted octanol–water partition coefficient (Wildman–Crippen LogP) is 3.02. The molecule has 0 aliphatic rings. The number of nitrogens with zero attached hydrogens (tertiary/aromatic N) is 2. The lowest BCUT2D eigenvalue weighted by molar-refractivity contribution is -0.133. The molecule has 2 rings (SSSR count). The molecular formula is C8H5Cl2N3O2S2. The van der Waals surface area contributed by atoms with Crippen molar-refractivity contribution < 1.29 is 9.90 Å². The summed E-state index contributed by atoms with van der Waals surface area (Å²) >= 11 is 14.0. The smallest absolute Gasteiger partial charge is 0.313 e. The molecule has 0 atom stereocenters. The van der Waals surface area contributed by atoms with E-state index >= 15 is 0 Å². The van der Waals surface area contributed by atoms with Crippen molar-refractivity contribution in [3.63, 3.8) is 0 Å². The molecule has 0 bridgehead atoms. The number of nitrogens with one attached hydrogen (secondary N) is 1. The molecule has 5 nitrogen and oxygen atoms in total. The van der Waals surface area contributed by atoms with Crippen LogP contribution in [0.2, 0.25) is 8.67 Å². The minimum Gasteiger partial charge on any atom is -0.481 e. The van der Waals surface area contributed by atoms with Crippen molar-refractivity contribution in [1.29, 1.82) is 0 Å². The molecule has 0 saturated heterocycles. The molecule has 0 unspecified atom stereocenters. The number of H-pyrrole nitrogens is 1. The number of hydrogen-bond donors (Lipinski definition) is 2. The van der Waals surface area contributed by atoms with Crippen LogP contribution in [-0.2, 0) is 4.79 Å². The average molecular weight is 310 g/mol. The molecule has 0 aliphatic heterocycles. The first-order valence-corrected chi connectivity index (χ1v) is 6.84. The monoisotopic (exact) mass is 309 g/mol. The van der Waals surface area contributed by atoms with E-state index in [1.807, 2.05) is 0 Å². The number of rotatable bonds is 4. The van der Waals surface area contributed by atoms with Gasteiger partial charge in [-0.3, -0.25) is 9.89 Å². The van der Waals surface area contributed by atoms with Crippen LogP contribution in [-0.4, -0.2) is 32.0 Å². The third-order valence-corrected chi connectivity index (χ3v) is 4.02. The molecule has 0 fully saturated rings. The predicted molar refractivity (Wildman–Crippen MR) is 68.1 cm³/mol. The third-order valence-electron chi connectivity index (χ3n) is 1.70. The maximum absolute atomic E-state index is 10.4. The quantitative estimate of drug-likeness (QED) is 0.849. The van der Waals surface area contributed by atoms with Crippen LogP contribution in [0.5, 0.6) is 0 Å². The second-order valence-electron chi connectivity index (χ2n) is 2.89. The van der Waals surface area contributed by atoms with Crippen LogP contribution in [0.4, 0.5) is 0 Å². The molecule has 2 N–H and O–H groups in total. The minimum absolute atomic E-state index is 0.0879. The van der Waals surface area contributed by atoms with Crippen LogP contribution in [0.1, 0.15) is 0 Å². The number of carboxylic acid groups (broad SMARTS) is 1. The Labute approximate surface area is 114 Å². The number of thiophene rings is 1. The van der Waals surface area contributed by atoms with Crippen LogP contribution in [0.15, 0.2) is 11.2 Å². The summed E-state index contributed by atoms with van der Waals surface area (Å²) in [6, 6.07) is 1.68. The van der Waals surface area contributed by atoms with E-state index < -0.39 is 5.97 Å². The first-order valence-electron chi connectivity index (χ1n) is 4.28. The first kappa shape index (κ1) is 12.7. The summed E-state index contributed by atoms with van der Waals surface area (Å²) in [6.45, 7) is 0. The zero-order valence-corrected chi connectivity index (χ0v) is 11.3. The highest BCUT2D eigenvalue weighted by atomic mass is 35.5. The van der Waals surface area contributed by atoms with E-state index in [0.717, 1.165) is 11.8 Å². The van der Waals surface area contributed by atoms with Crippen molar-refractivity contribution in [2.45, 2.75) is 5.16 Å². The average Bonchev–Trinajstić information content (AvgIpc) is 2.82. The number of halogens is 2. The van der Waals surface area contributed by atoms with Crippen LogP contribution in [0, 0.1) is 0 Å². The minimum atomic E-state index is -0.919. The van der Waals surface area contributed by atoms with Crippen molar-refractivity contribution in [2.24, 2.45) is 0 Å². The van der Waals surface area contributed by atoms with Gasteiger partial charge in [-0.15, -0.1) is 16.4 Å². The van der Waals surface area contributed by atoms with E-state index in [-0.39, 0.29) is 5.75 Å². The van der Waals surface area contributed by atoms with Gasteiger partial charge in [0, 0.05) is 5.56 Å². The van der Waals surface area contributed by atoms with E-state index in [0.29, 0.717) is 25.2 Å². The van der Waals surface area contributed by atoms with E-state index in [9.17, 15) is 4.79 Å². The maximum atomic E-state index is 10.4. The van der Waals surface area contributed by atoms with E-state index in [1.54, 1.807) is 6.07 Å². The second-order valence-corrected chi connectivity index (χ2v) is 6.11. The Balaban J connectivity index is 2.18. The molecule has 0 aliphatic carbocycles. The summed E-state index contributed by atoms with van der Waals surface area (Å²) < 4.78 is 1.07. The van der Waals surface area contributed by atoms with Crippen LogP contribution in [0.3, 0.4) is 0 Å². The van der Waals surface area contributed by atoms with Gasteiger partial charge in [-0.25, -0.2) is 4.98 Å². The molecule has 2 heterocycles. The summed E-state index contributed by atoms with van der Waals surface area (Å²) in [4.78, 5) is 14.5. The topological polar surface area (TPSA) is 78.9 Å². The normalized spacial score (nSPS) is 10.7. The van der Waals surface area contributed by atoms with E-state index in [2.05, 4.69) is 15.2 Å². The number of aliphatic carboxylic acids is 1. The lowest BCUT2D eigenvalue weighted by Crippen LogP contribution is -1.97. The third kappa shape index (κ3) is 3.12. The van der Waals surface area contributed by atoms with Crippen molar-refractivity contribution in [1.82, 2.24) is 15.2 Å². The number of carboxylic acids is 1. The highest BCUT2D eigenvalue weighted by molar-refractivity contribution is 7.99. The number of aromatic nitrogens is 3. The highest BCUT2D eigenvalue weighted by Gasteiger charge is 2.13. The second kappa shape index (κ2) is 5.26. The van der Waals surface area contributed by atoms with Gasteiger partial charge < -0.3 is 5.11 Å². The molecule has 0 saturated carbocycles. The molecule has 0 spiro atoms. The van der Waals surface area contributed by atoms with Gasteiger partial charge in [-0.05, 0) is 6.07 Å². The summed E-state index contributed by atoms with van der Waals surface area (Å²) in [5.74, 6) is -0.529. The Morgan fingerprint density at radius 3 is 2.94 bits per heavy atom. The fourth-order valence-corrected chi connectivity index (χ4v) is 3.04. The SMILES string of the molecule is O=C(O)CSc1n[nH]c(-c2cc(Cl)sc2Cl)n1. The maximum Gasteiger partial charge on any atom is 0.313 e. The summed E-state index contributed by atoms with van der Waals surface area (Å²) in [5, 5.41) is 15.5. The summed E-state index contributed by atoms with van der Waals surface area (Å²) in [5.41, 5.74) is 0.663. The molecule has 0 radical (unpaired) electrons. The largest absolute Gasteiger partial charge is 0.481 e. The zero-order chi connectivity index (χ0) is 12.4. The van der Waals surface area contributed by atoms with Crippen molar-refractivity contribution in [3.8, 4) is 11.4 Å². The number of carbonyl (C=O) groups is 1. The molecule has 17 heavy (non-hydrogen) atoms. The van der Waals surface area contributed by atoms with Crippen LogP contribution >= 0.6 is 46.3 Å². The molecule has 2 aromatic heterocycles. The van der Waals surface area contributed by atoms with E-state index in [4.69, 9.17) is 28.3 Å². The molecule has 9 heteroatoms. The number of aromatic amines is 1. The van der Waals surface area contributed by atoms with Gasteiger partial charge in [0.25, 0.3) is 0 Å². The van der Waals surface area contributed by atoms with E-state index in [1.165, 1.54) is 11.3 Å². The Kier molecular flexibility index (Phi) is 3.93. The standard InChI is InChI=1S/C8H5Cl2N3O2S2/c9-4-1-3(6(10)17-4)7-11-8(13-12-7)16-2-5(14)15/h1H,2H2,(H,14,15)(H,11,12,13). The highest BCUT2D eigenvalue weighted by Crippen LogP contribution is 2.36. The van der Waals surface area contributed by atoms with Gasteiger partial charge >= 0.3 is 5.97 Å². The molecule has 2 aromatic rings. The fourth-order valence-electron chi connectivity index (χ4n) is 1.06. The van der Waals surface area contributed by atoms with Gasteiger partial charge in [-0.2, -0.15) is 0 Å². The lowest BCUT2D eigenvalue weighted by Gasteiger charge is -1.90. The zero-order valence-electron chi connectivity index (χ0n) is 8.11. The lowest BCUT2D eigenvalue weighted by atomic mass is 10.3.